The first kappa shape index (κ1) is 23.3. The number of fused-ring (bicyclic) bond motifs is 1. The summed E-state index contributed by atoms with van der Waals surface area (Å²) in [5, 5.41) is 8.24. The zero-order chi connectivity index (χ0) is 23.4. The summed E-state index contributed by atoms with van der Waals surface area (Å²) in [6.07, 6.45) is 0. The smallest absolute Gasteiger partial charge is 0.169 e. The van der Waals surface area contributed by atoms with E-state index in [0.29, 0.717) is 23.4 Å². The molecule has 0 aliphatic carbocycles. The quantitative estimate of drug-likeness (QED) is 0.160. The van der Waals surface area contributed by atoms with Crippen LogP contribution in [-0.4, -0.2) is 35.4 Å². The highest BCUT2D eigenvalue weighted by atomic mass is 35.5. The summed E-state index contributed by atoms with van der Waals surface area (Å²) < 4.78 is 22.6. The largest absolute Gasteiger partial charge is 0.359 e. The second-order valence-corrected chi connectivity index (χ2v) is 15.0. The fourth-order valence-corrected chi connectivity index (χ4v) is 4.42. The molecule has 0 fully saturated rings. The Hall–Kier alpha value is -2.87. The van der Waals surface area contributed by atoms with Crippen LogP contribution < -0.4 is 0 Å². The van der Waals surface area contributed by atoms with E-state index >= 15 is 4.39 Å². The summed E-state index contributed by atoms with van der Waals surface area (Å²) in [6, 6.07) is 21.9. The SMILES string of the molecule is C[Si](C)(C)CCOCn1nnc2cc(N=C(c3ccccc3)c3ccccc3)c(F)c(Cl)c21. The average molecular weight is 481 g/mol. The molecule has 0 radical (unpaired) electrons. The van der Waals surface area contributed by atoms with Gasteiger partial charge in [0.15, 0.2) is 5.82 Å². The Labute approximate surface area is 198 Å². The molecular formula is C25H26ClFN4OSi. The number of ether oxygens (including phenoxy) is 1. The number of benzene rings is 3. The summed E-state index contributed by atoms with van der Waals surface area (Å²) in [6.45, 7) is 7.65. The number of aromatic nitrogens is 3. The molecule has 5 nitrogen and oxygen atoms in total. The topological polar surface area (TPSA) is 52.3 Å². The maximum absolute atomic E-state index is 15.4. The molecule has 0 amide bonds. The number of aliphatic imine (C=N–C) groups is 1. The van der Waals surface area contributed by atoms with Crippen molar-refractivity contribution in [3.05, 3.63) is 88.7 Å². The van der Waals surface area contributed by atoms with Gasteiger partial charge in [-0.25, -0.2) is 14.1 Å². The monoisotopic (exact) mass is 480 g/mol. The van der Waals surface area contributed by atoms with Crippen molar-refractivity contribution in [3.8, 4) is 0 Å². The van der Waals surface area contributed by atoms with E-state index in [2.05, 4.69) is 34.9 Å². The standard InChI is InChI=1S/C25H26ClFN4OSi/c1-33(2,3)15-14-32-17-31-25-21(29-30-31)16-20(23(27)22(25)26)28-24(18-10-6-4-7-11-18)19-12-8-5-9-13-19/h4-13,16H,14-15,17H2,1-3H3. The van der Waals surface area contributed by atoms with Gasteiger partial charge in [-0.2, -0.15) is 0 Å². The van der Waals surface area contributed by atoms with Gasteiger partial charge in [0.25, 0.3) is 0 Å². The first-order chi connectivity index (χ1) is 15.8. The maximum atomic E-state index is 15.4. The van der Waals surface area contributed by atoms with E-state index in [1.807, 2.05) is 60.7 Å². The van der Waals surface area contributed by atoms with E-state index in [1.165, 1.54) is 4.68 Å². The third-order valence-corrected chi connectivity index (χ3v) is 7.25. The number of hydrogen-bond donors (Lipinski definition) is 0. The van der Waals surface area contributed by atoms with Gasteiger partial charge in [-0.1, -0.05) is 97.1 Å². The van der Waals surface area contributed by atoms with Crippen molar-refractivity contribution < 1.29 is 9.13 Å². The Morgan fingerprint density at radius 3 is 2.21 bits per heavy atom. The van der Waals surface area contributed by atoms with Crippen molar-refractivity contribution in [2.45, 2.75) is 32.4 Å². The molecule has 0 bridgehead atoms. The van der Waals surface area contributed by atoms with Crippen molar-refractivity contribution in [2.24, 2.45) is 4.99 Å². The maximum Gasteiger partial charge on any atom is 0.169 e. The molecule has 0 saturated carbocycles. The molecular weight excluding hydrogens is 455 g/mol. The minimum Gasteiger partial charge on any atom is -0.359 e. The fourth-order valence-electron chi connectivity index (χ4n) is 3.37. The van der Waals surface area contributed by atoms with Crippen LogP contribution in [0.5, 0.6) is 0 Å². The van der Waals surface area contributed by atoms with Crippen LogP contribution in [0.1, 0.15) is 11.1 Å². The van der Waals surface area contributed by atoms with Gasteiger partial charge in [0, 0.05) is 25.8 Å². The lowest BCUT2D eigenvalue weighted by Gasteiger charge is -2.15. The van der Waals surface area contributed by atoms with E-state index in [9.17, 15) is 0 Å². The molecule has 0 N–H and O–H groups in total. The van der Waals surface area contributed by atoms with E-state index in [-0.39, 0.29) is 17.4 Å². The highest BCUT2D eigenvalue weighted by Crippen LogP contribution is 2.33. The van der Waals surface area contributed by atoms with Crippen LogP contribution in [0.3, 0.4) is 0 Å². The molecule has 3 aromatic carbocycles. The van der Waals surface area contributed by atoms with Crippen molar-refractivity contribution in [1.82, 2.24) is 15.0 Å². The molecule has 170 valence electrons. The fraction of sp³-hybridized carbons (Fsp3) is 0.240. The lowest BCUT2D eigenvalue weighted by atomic mass is 10.0. The zero-order valence-corrected chi connectivity index (χ0v) is 20.7. The number of rotatable bonds is 8. The number of halogens is 2. The molecule has 0 saturated heterocycles. The second kappa shape index (κ2) is 9.95. The minimum absolute atomic E-state index is 0.0643. The molecule has 1 aromatic heterocycles. The normalized spacial score (nSPS) is 11.7. The third-order valence-electron chi connectivity index (χ3n) is 5.20. The Kier molecular flexibility index (Phi) is 7.02. The first-order valence-corrected chi connectivity index (χ1v) is 14.9. The molecule has 1 heterocycles. The molecule has 0 unspecified atom stereocenters. The second-order valence-electron chi connectivity index (χ2n) is 9.02. The van der Waals surface area contributed by atoms with Crippen molar-refractivity contribution >= 4 is 42.1 Å². The molecule has 0 spiro atoms. The van der Waals surface area contributed by atoms with E-state index in [0.717, 1.165) is 17.2 Å². The average Bonchev–Trinajstić information content (AvgIpc) is 3.21. The van der Waals surface area contributed by atoms with Crippen molar-refractivity contribution in [3.63, 3.8) is 0 Å². The molecule has 4 rings (SSSR count). The Morgan fingerprint density at radius 2 is 1.64 bits per heavy atom. The van der Waals surface area contributed by atoms with Gasteiger partial charge in [0.05, 0.1) is 5.71 Å². The lowest BCUT2D eigenvalue weighted by Crippen LogP contribution is -2.22. The summed E-state index contributed by atoms with van der Waals surface area (Å²) in [7, 11) is -1.20. The van der Waals surface area contributed by atoms with Gasteiger partial charge in [-0.3, -0.25) is 0 Å². The Bertz CT molecular complexity index is 1230. The number of hydrogen-bond acceptors (Lipinski definition) is 4. The predicted octanol–water partition coefficient (Wildman–Crippen LogP) is 6.71. The molecule has 0 atom stereocenters. The molecule has 8 heteroatoms. The summed E-state index contributed by atoms with van der Waals surface area (Å²) in [5.41, 5.74) is 3.38. The van der Waals surface area contributed by atoms with Gasteiger partial charge in [0.2, 0.25) is 0 Å². The highest BCUT2D eigenvalue weighted by Gasteiger charge is 2.19. The summed E-state index contributed by atoms with van der Waals surface area (Å²) >= 11 is 6.44. The van der Waals surface area contributed by atoms with E-state index < -0.39 is 13.9 Å². The lowest BCUT2D eigenvalue weighted by molar-refractivity contribution is 0.0802. The van der Waals surface area contributed by atoms with Crippen LogP contribution in [0.25, 0.3) is 11.0 Å². The summed E-state index contributed by atoms with van der Waals surface area (Å²) in [4.78, 5) is 4.67. The molecule has 0 aliphatic heterocycles. The van der Waals surface area contributed by atoms with Gasteiger partial charge in [-0.15, -0.1) is 5.10 Å². The van der Waals surface area contributed by atoms with Crippen molar-refractivity contribution in [1.29, 1.82) is 0 Å². The third kappa shape index (κ3) is 5.55. The van der Waals surface area contributed by atoms with Crippen molar-refractivity contribution in [2.75, 3.05) is 6.61 Å². The van der Waals surface area contributed by atoms with Gasteiger partial charge < -0.3 is 4.74 Å². The van der Waals surface area contributed by atoms with Crippen LogP contribution in [0.15, 0.2) is 71.7 Å². The van der Waals surface area contributed by atoms with E-state index in [4.69, 9.17) is 16.3 Å². The van der Waals surface area contributed by atoms with Crippen LogP contribution in [0, 0.1) is 5.82 Å². The first-order valence-electron chi connectivity index (χ1n) is 10.8. The zero-order valence-electron chi connectivity index (χ0n) is 18.9. The number of nitrogens with zero attached hydrogens (tertiary/aromatic N) is 4. The molecule has 4 aromatic rings. The Morgan fingerprint density at radius 1 is 1.03 bits per heavy atom. The van der Waals surface area contributed by atoms with Gasteiger partial charge >= 0.3 is 0 Å². The summed E-state index contributed by atoms with van der Waals surface area (Å²) in [5.74, 6) is -0.612. The van der Waals surface area contributed by atoms with Gasteiger partial charge in [-0.05, 0) is 12.1 Å². The Balaban J connectivity index is 1.71. The highest BCUT2D eigenvalue weighted by molar-refractivity contribution is 6.76. The van der Waals surface area contributed by atoms with Crippen LogP contribution in [0.4, 0.5) is 10.1 Å². The molecule has 0 aliphatic rings. The van der Waals surface area contributed by atoms with Crippen LogP contribution >= 0.6 is 11.6 Å². The van der Waals surface area contributed by atoms with Gasteiger partial charge in [0.1, 0.15) is 28.5 Å². The molecule has 33 heavy (non-hydrogen) atoms. The van der Waals surface area contributed by atoms with Crippen LogP contribution in [-0.2, 0) is 11.5 Å². The van der Waals surface area contributed by atoms with E-state index in [1.54, 1.807) is 6.07 Å². The predicted molar refractivity (Wildman–Crippen MR) is 135 cm³/mol. The minimum atomic E-state index is -1.20. The van der Waals surface area contributed by atoms with Crippen LogP contribution in [0.2, 0.25) is 30.7 Å².